The standard InChI is InChI=1S/C40H31N/c1-25-11-8-15-28-24-34-31-18-7-6-17-30(31)32-19-10-22-40(2)39(32)38-35(21-20-33(36(25)28)37(34)38)41(40)29-16-9-14-27(23-29)26-12-4-3-5-13-26/h3-10,12-25,39H,11H2,1-2H3. The lowest BCUT2D eigenvalue weighted by atomic mass is 9.72. The number of nitrogens with zero attached hydrogens (tertiary/aromatic N) is 1. The van der Waals surface area contributed by atoms with Crippen LogP contribution in [0, 0.1) is 0 Å². The van der Waals surface area contributed by atoms with Crippen molar-refractivity contribution in [3.05, 3.63) is 144 Å². The maximum atomic E-state index is 2.63. The van der Waals surface area contributed by atoms with Crippen LogP contribution < -0.4 is 4.90 Å². The lowest BCUT2D eigenvalue weighted by Crippen LogP contribution is -2.43. The van der Waals surface area contributed by atoms with E-state index in [-0.39, 0.29) is 11.5 Å². The van der Waals surface area contributed by atoms with Crippen LogP contribution in [0.15, 0.2) is 121 Å². The third-order valence-electron chi connectivity index (χ3n) is 10.0. The van der Waals surface area contributed by atoms with Crippen molar-refractivity contribution in [1.29, 1.82) is 0 Å². The van der Waals surface area contributed by atoms with Crippen LogP contribution in [0.4, 0.5) is 11.4 Å². The topological polar surface area (TPSA) is 3.24 Å². The fourth-order valence-corrected chi connectivity index (χ4v) is 8.34. The Hall–Kier alpha value is -4.62. The van der Waals surface area contributed by atoms with Gasteiger partial charge in [-0.1, -0.05) is 110 Å². The van der Waals surface area contributed by atoms with E-state index in [9.17, 15) is 0 Å². The lowest BCUT2D eigenvalue weighted by molar-refractivity contribution is 0.554. The quantitative estimate of drug-likeness (QED) is 0.222. The summed E-state index contributed by atoms with van der Waals surface area (Å²) in [4.78, 5) is 2.63. The Morgan fingerprint density at radius 3 is 2.44 bits per heavy atom. The molecule has 0 saturated heterocycles. The summed E-state index contributed by atoms with van der Waals surface area (Å²) in [7, 11) is 0. The molecule has 0 fully saturated rings. The molecule has 196 valence electrons. The van der Waals surface area contributed by atoms with Gasteiger partial charge in [0.05, 0.1) is 5.54 Å². The van der Waals surface area contributed by atoms with Gasteiger partial charge in [-0.05, 0) is 104 Å². The number of benzene rings is 5. The minimum absolute atomic E-state index is 0.230. The van der Waals surface area contributed by atoms with E-state index in [4.69, 9.17) is 0 Å². The van der Waals surface area contributed by atoms with Gasteiger partial charge in [-0.15, -0.1) is 0 Å². The first-order valence-electron chi connectivity index (χ1n) is 14.9. The maximum Gasteiger partial charge on any atom is 0.0718 e. The van der Waals surface area contributed by atoms with Gasteiger partial charge in [0.2, 0.25) is 0 Å². The normalized spacial score (nSPS) is 22.8. The van der Waals surface area contributed by atoms with Crippen LogP contribution in [0.5, 0.6) is 0 Å². The molecule has 5 aromatic carbocycles. The minimum Gasteiger partial charge on any atom is -0.331 e. The third kappa shape index (κ3) is 3.01. The second-order valence-electron chi connectivity index (χ2n) is 12.3. The molecule has 0 aromatic heterocycles. The summed E-state index contributed by atoms with van der Waals surface area (Å²) in [6.45, 7) is 4.84. The first-order chi connectivity index (χ1) is 20.1. The molecule has 3 unspecified atom stereocenters. The average Bonchev–Trinajstić information content (AvgIpc) is 3.22. The van der Waals surface area contributed by atoms with Crippen LogP contribution in [-0.2, 0) is 0 Å². The van der Waals surface area contributed by atoms with Crippen molar-refractivity contribution in [1.82, 2.24) is 0 Å². The van der Waals surface area contributed by atoms with Gasteiger partial charge in [-0.2, -0.15) is 0 Å². The molecule has 0 amide bonds. The maximum absolute atomic E-state index is 2.63. The summed E-state index contributed by atoms with van der Waals surface area (Å²) in [6, 6.07) is 36.3. The summed E-state index contributed by atoms with van der Waals surface area (Å²) in [5.74, 6) is 0.745. The molecule has 4 aliphatic rings. The van der Waals surface area contributed by atoms with Crippen molar-refractivity contribution in [2.45, 2.75) is 37.6 Å². The van der Waals surface area contributed by atoms with Crippen LogP contribution in [0.3, 0.4) is 0 Å². The second-order valence-corrected chi connectivity index (χ2v) is 12.3. The van der Waals surface area contributed by atoms with Gasteiger partial charge < -0.3 is 4.90 Å². The Kier molecular flexibility index (Phi) is 4.63. The molecule has 1 heteroatoms. The fraction of sp³-hybridized carbons (Fsp3) is 0.150. The van der Waals surface area contributed by atoms with E-state index in [0.29, 0.717) is 5.92 Å². The first kappa shape index (κ1) is 23.1. The predicted octanol–water partition coefficient (Wildman–Crippen LogP) is 10.7. The number of fused-ring (bicyclic) bond motifs is 5. The molecule has 0 radical (unpaired) electrons. The average molecular weight is 526 g/mol. The molecular formula is C40H31N. The van der Waals surface area contributed by atoms with Gasteiger partial charge >= 0.3 is 0 Å². The predicted molar refractivity (Wildman–Crippen MR) is 174 cm³/mol. The monoisotopic (exact) mass is 525 g/mol. The van der Waals surface area contributed by atoms with Crippen LogP contribution in [0.1, 0.15) is 54.4 Å². The molecule has 3 atom stereocenters. The largest absolute Gasteiger partial charge is 0.331 e. The Bertz CT molecular complexity index is 2010. The molecular weight excluding hydrogens is 494 g/mol. The van der Waals surface area contributed by atoms with Crippen molar-refractivity contribution in [3.63, 3.8) is 0 Å². The zero-order valence-electron chi connectivity index (χ0n) is 23.4. The molecule has 0 spiro atoms. The number of hydrogen-bond donors (Lipinski definition) is 0. The Balaban J connectivity index is 1.39. The smallest absolute Gasteiger partial charge is 0.0718 e. The van der Waals surface area contributed by atoms with Crippen molar-refractivity contribution in [2.75, 3.05) is 4.90 Å². The summed E-state index contributed by atoms with van der Waals surface area (Å²) in [5.41, 5.74) is 14.8. The van der Waals surface area contributed by atoms with Crippen molar-refractivity contribution >= 4 is 33.8 Å². The zero-order valence-corrected chi connectivity index (χ0v) is 23.4. The lowest BCUT2D eigenvalue weighted by Gasteiger charge is -2.41. The van der Waals surface area contributed by atoms with Crippen LogP contribution in [0.25, 0.3) is 44.7 Å². The highest BCUT2D eigenvalue weighted by molar-refractivity contribution is 6.12. The highest BCUT2D eigenvalue weighted by Gasteiger charge is 2.52. The molecule has 9 rings (SSSR count). The highest BCUT2D eigenvalue weighted by Crippen LogP contribution is 2.63. The summed E-state index contributed by atoms with van der Waals surface area (Å²) >= 11 is 0. The van der Waals surface area contributed by atoms with Crippen LogP contribution in [0.2, 0.25) is 0 Å². The molecule has 0 bridgehead atoms. The fourth-order valence-electron chi connectivity index (χ4n) is 8.34. The van der Waals surface area contributed by atoms with Gasteiger partial charge in [-0.25, -0.2) is 0 Å². The summed E-state index contributed by atoms with van der Waals surface area (Å²) < 4.78 is 0. The van der Waals surface area contributed by atoms with E-state index in [1.807, 2.05) is 0 Å². The number of hydrogen-bond acceptors (Lipinski definition) is 1. The van der Waals surface area contributed by atoms with Gasteiger partial charge in [0.15, 0.2) is 0 Å². The summed E-state index contributed by atoms with van der Waals surface area (Å²) in [6.07, 6.45) is 12.9. The van der Waals surface area contributed by atoms with E-state index in [1.165, 1.54) is 72.2 Å². The molecule has 41 heavy (non-hydrogen) atoms. The van der Waals surface area contributed by atoms with Crippen LogP contribution >= 0.6 is 0 Å². The molecule has 1 heterocycles. The van der Waals surface area contributed by atoms with E-state index in [0.717, 1.165) is 6.42 Å². The summed E-state index contributed by atoms with van der Waals surface area (Å²) in [5, 5.41) is 2.88. The van der Waals surface area contributed by atoms with Gasteiger partial charge in [0.1, 0.15) is 0 Å². The Morgan fingerprint density at radius 2 is 1.56 bits per heavy atom. The first-order valence-corrected chi connectivity index (χ1v) is 14.9. The molecule has 1 nitrogen and oxygen atoms in total. The zero-order chi connectivity index (χ0) is 27.3. The number of anilines is 2. The number of rotatable bonds is 2. The highest BCUT2D eigenvalue weighted by atomic mass is 15.2. The van der Waals surface area contributed by atoms with Crippen LogP contribution in [-0.4, -0.2) is 5.54 Å². The molecule has 0 N–H and O–H groups in total. The molecule has 1 aliphatic heterocycles. The SMILES string of the molecule is CC1CC=Cc2cc3c4c5c(ccc4c21)N(c1cccc(-c2ccccc2)c1)C1(C)C=CC=C(c2ccccc2-3)C51. The minimum atomic E-state index is -0.230. The van der Waals surface area contributed by atoms with E-state index in [1.54, 1.807) is 0 Å². The molecule has 3 aliphatic carbocycles. The van der Waals surface area contributed by atoms with Crippen molar-refractivity contribution in [3.8, 4) is 22.3 Å². The second kappa shape index (κ2) is 8.21. The van der Waals surface area contributed by atoms with Gasteiger partial charge in [-0.3, -0.25) is 0 Å². The van der Waals surface area contributed by atoms with Crippen molar-refractivity contribution < 1.29 is 0 Å². The van der Waals surface area contributed by atoms with Crippen molar-refractivity contribution in [2.24, 2.45) is 0 Å². The van der Waals surface area contributed by atoms with Gasteiger partial charge in [0, 0.05) is 17.3 Å². The Labute approximate surface area is 241 Å². The third-order valence-corrected chi connectivity index (χ3v) is 10.0. The van der Waals surface area contributed by atoms with E-state index in [2.05, 4.69) is 146 Å². The van der Waals surface area contributed by atoms with E-state index < -0.39 is 0 Å². The number of allylic oxidation sites excluding steroid dienone is 3. The Morgan fingerprint density at radius 1 is 0.756 bits per heavy atom. The van der Waals surface area contributed by atoms with Gasteiger partial charge in [0.25, 0.3) is 0 Å². The molecule has 5 aromatic rings. The molecule has 0 saturated carbocycles. The van der Waals surface area contributed by atoms with E-state index >= 15 is 0 Å².